The second-order valence-electron chi connectivity index (χ2n) is 5.52. The lowest BCUT2D eigenvalue weighted by molar-refractivity contribution is -0.134. The number of piperidine rings is 1. The summed E-state index contributed by atoms with van der Waals surface area (Å²) in [5.41, 5.74) is 5.91. The van der Waals surface area contributed by atoms with Crippen LogP contribution in [-0.4, -0.2) is 43.7 Å². The Bertz CT molecular complexity index is 474. The molecule has 124 valence electrons. The largest absolute Gasteiger partial charge is 0.493 e. The van der Waals surface area contributed by atoms with Crippen molar-refractivity contribution in [1.82, 2.24) is 4.90 Å². The van der Waals surface area contributed by atoms with E-state index in [9.17, 15) is 4.79 Å². The van der Waals surface area contributed by atoms with Gasteiger partial charge in [-0.3, -0.25) is 4.79 Å². The number of hydrogen-bond donors (Lipinski definition) is 1. The first-order valence-electron chi connectivity index (χ1n) is 7.41. The van der Waals surface area contributed by atoms with Crippen LogP contribution in [0.15, 0.2) is 24.3 Å². The molecule has 5 nitrogen and oxygen atoms in total. The number of hydrogen-bond acceptors (Lipinski definition) is 4. The van der Waals surface area contributed by atoms with Crippen LogP contribution >= 0.6 is 12.4 Å². The molecule has 1 heterocycles. The molecule has 1 aliphatic rings. The normalized spacial score (nSPS) is 16.6. The number of carbonyl (C=O) groups is 1. The molecule has 22 heavy (non-hydrogen) atoms. The molecule has 1 saturated heterocycles. The molecular weight excluding hydrogens is 304 g/mol. The van der Waals surface area contributed by atoms with Gasteiger partial charge in [0, 0.05) is 19.1 Å². The van der Waals surface area contributed by atoms with E-state index in [1.165, 1.54) is 0 Å². The summed E-state index contributed by atoms with van der Waals surface area (Å²) in [5.74, 6) is 1.77. The summed E-state index contributed by atoms with van der Waals surface area (Å²) in [6.07, 6.45) is 1.94. The average molecular weight is 329 g/mol. The van der Waals surface area contributed by atoms with Gasteiger partial charge in [-0.05, 0) is 37.8 Å². The first-order valence-corrected chi connectivity index (χ1v) is 7.41. The predicted molar refractivity (Wildman–Crippen MR) is 88.7 cm³/mol. The van der Waals surface area contributed by atoms with Crippen LogP contribution in [0.3, 0.4) is 0 Å². The summed E-state index contributed by atoms with van der Waals surface area (Å²) in [6, 6.07) is 7.54. The van der Waals surface area contributed by atoms with Gasteiger partial charge < -0.3 is 20.1 Å². The molecule has 0 bridgehead atoms. The molecule has 0 aliphatic carbocycles. The van der Waals surface area contributed by atoms with Crippen molar-refractivity contribution in [2.24, 2.45) is 11.7 Å². The third-order valence-corrected chi connectivity index (χ3v) is 4.06. The maximum atomic E-state index is 12.2. The summed E-state index contributed by atoms with van der Waals surface area (Å²) in [5, 5.41) is 0. The van der Waals surface area contributed by atoms with Crippen molar-refractivity contribution >= 4 is 18.3 Å². The van der Waals surface area contributed by atoms with Gasteiger partial charge in [0.05, 0.1) is 7.11 Å². The molecule has 1 atom stereocenters. The van der Waals surface area contributed by atoms with Gasteiger partial charge >= 0.3 is 0 Å². The van der Waals surface area contributed by atoms with Crippen LogP contribution in [0.4, 0.5) is 0 Å². The molecule has 1 aromatic rings. The number of likely N-dealkylation sites (tertiary alicyclic amines) is 1. The summed E-state index contributed by atoms with van der Waals surface area (Å²) in [6.45, 7) is 3.61. The zero-order chi connectivity index (χ0) is 15.2. The first-order chi connectivity index (χ1) is 10.1. The molecule has 1 aromatic carbocycles. The Kier molecular flexibility index (Phi) is 7.48. The fourth-order valence-electron chi connectivity index (χ4n) is 2.64. The van der Waals surface area contributed by atoms with E-state index in [1.54, 1.807) is 13.2 Å². The predicted octanol–water partition coefficient (Wildman–Crippen LogP) is 2.08. The van der Waals surface area contributed by atoms with Crippen LogP contribution in [-0.2, 0) is 4.79 Å². The molecule has 2 rings (SSSR count). The van der Waals surface area contributed by atoms with E-state index in [1.807, 2.05) is 30.0 Å². The summed E-state index contributed by atoms with van der Waals surface area (Å²) >= 11 is 0. The topological polar surface area (TPSA) is 64.8 Å². The Morgan fingerprint density at radius 1 is 1.32 bits per heavy atom. The second-order valence-corrected chi connectivity index (χ2v) is 5.52. The molecule has 1 aliphatic heterocycles. The fourth-order valence-corrected chi connectivity index (χ4v) is 2.64. The Hall–Kier alpha value is -1.46. The van der Waals surface area contributed by atoms with E-state index in [2.05, 4.69) is 0 Å². The minimum atomic E-state index is 0. The highest BCUT2D eigenvalue weighted by molar-refractivity contribution is 5.85. The maximum absolute atomic E-state index is 12.2. The van der Waals surface area contributed by atoms with Crippen molar-refractivity contribution in [3.05, 3.63) is 24.3 Å². The number of benzene rings is 1. The Balaban J connectivity index is 0.00000242. The van der Waals surface area contributed by atoms with Crippen molar-refractivity contribution in [2.45, 2.75) is 25.8 Å². The van der Waals surface area contributed by atoms with Gasteiger partial charge in [-0.1, -0.05) is 12.1 Å². The molecule has 1 fully saturated rings. The average Bonchev–Trinajstić information content (AvgIpc) is 2.52. The van der Waals surface area contributed by atoms with Crippen LogP contribution in [0.2, 0.25) is 0 Å². The van der Waals surface area contributed by atoms with Crippen molar-refractivity contribution in [3.63, 3.8) is 0 Å². The number of amides is 1. The van der Waals surface area contributed by atoms with E-state index >= 15 is 0 Å². The van der Waals surface area contributed by atoms with Crippen LogP contribution < -0.4 is 15.2 Å². The number of para-hydroxylation sites is 2. The van der Waals surface area contributed by atoms with Crippen LogP contribution in [0.1, 0.15) is 19.8 Å². The molecule has 2 N–H and O–H groups in total. The first kappa shape index (κ1) is 18.6. The van der Waals surface area contributed by atoms with Crippen molar-refractivity contribution in [1.29, 1.82) is 0 Å². The zero-order valence-electron chi connectivity index (χ0n) is 13.2. The Morgan fingerprint density at radius 3 is 2.45 bits per heavy atom. The van der Waals surface area contributed by atoms with Gasteiger partial charge in [-0.15, -0.1) is 12.4 Å². The number of nitrogens with two attached hydrogens (primary N) is 1. The summed E-state index contributed by atoms with van der Waals surface area (Å²) in [7, 11) is 1.59. The highest BCUT2D eigenvalue weighted by Gasteiger charge is 2.25. The third kappa shape index (κ3) is 4.78. The monoisotopic (exact) mass is 328 g/mol. The maximum Gasteiger partial charge on any atom is 0.260 e. The molecule has 6 heteroatoms. The van der Waals surface area contributed by atoms with Crippen molar-refractivity contribution in [2.75, 3.05) is 26.8 Å². The Morgan fingerprint density at radius 2 is 1.91 bits per heavy atom. The van der Waals surface area contributed by atoms with E-state index in [4.69, 9.17) is 15.2 Å². The highest BCUT2D eigenvalue weighted by Crippen LogP contribution is 2.26. The lowest BCUT2D eigenvalue weighted by atomic mass is 9.91. The zero-order valence-corrected chi connectivity index (χ0v) is 14.0. The van der Waals surface area contributed by atoms with E-state index in [0.29, 0.717) is 17.4 Å². The van der Waals surface area contributed by atoms with Crippen LogP contribution in [0.5, 0.6) is 11.5 Å². The highest BCUT2D eigenvalue weighted by atomic mass is 35.5. The van der Waals surface area contributed by atoms with Crippen molar-refractivity contribution in [3.8, 4) is 11.5 Å². The quantitative estimate of drug-likeness (QED) is 0.898. The minimum absolute atomic E-state index is 0. The van der Waals surface area contributed by atoms with Crippen LogP contribution in [0, 0.1) is 5.92 Å². The van der Waals surface area contributed by atoms with Gasteiger partial charge in [0.1, 0.15) is 0 Å². The summed E-state index contributed by atoms with van der Waals surface area (Å²) < 4.78 is 10.8. The number of halogens is 1. The van der Waals surface area contributed by atoms with Gasteiger partial charge in [-0.25, -0.2) is 0 Å². The van der Waals surface area contributed by atoms with E-state index in [0.717, 1.165) is 25.9 Å². The number of nitrogens with zero attached hydrogens (tertiary/aromatic N) is 1. The van der Waals surface area contributed by atoms with Crippen molar-refractivity contribution < 1.29 is 14.3 Å². The van der Waals surface area contributed by atoms with Gasteiger partial charge in [-0.2, -0.15) is 0 Å². The molecule has 1 unspecified atom stereocenters. The number of rotatable bonds is 5. The SMILES string of the molecule is COc1ccccc1OCC(=O)N1CCC(C(C)N)CC1.Cl. The van der Waals surface area contributed by atoms with Gasteiger partial charge in [0.25, 0.3) is 5.91 Å². The van der Waals surface area contributed by atoms with E-state index in [-0.39, 0.29) is 31.0 Å². The number of methoxy groups -OCH3 is 1. The third-order valence-electron chi connectivity index (χ3n) is 4.06. The summed E-state index contributed by atoms with van der Waals surface area (Å²) in [4.78, 5) is 14.0. The minimum Gasteiger partial charge on any atom is -0.493 e. The number of carbonyl (C=O) groups excluding carboxylic acids is 1. The lowest BCUT2D eigenvalue weighted by Gasteiger charge is -2.33. The van der Waals surface area contributed by atoms with Gasteiger partial charge in [0.2, 0.25) is 0 Å². The molecular formula is C16H25ClN2O3. The smallest absolute Gasteiger partial charge is 0.260 e. The molecule has 0 radical (unpaired) electrons. The molecule has 0 spiro atoms. The van der Waals surface area contributed by atoms with E-state index < -0.39 is 0 Å². The number of ether oxygens (including phenoxy) is 2. The van der Waals surface area contributed by atoms with Gasteiger partial charge in [0.15, 0.2) is 18.1 Å². The van der Waals surface area contributed by atoms with Crippen LogP contribution in [0.25, 0.3) is 0 Å². The molecule has 0 aromatic heterocycles. The standard InChI is InChI=1S/C16H24N2O3.ClH/c1-12(17)13-7-9-18(10-8-13)16(19)11-21-15-6-4-3-5-14(15)20-2;/h3-6,12-13H,7-11,17H2,1-2H3;1H. The Labute approximate surface area is 138 Å². The fraction of sp³-hybridized carbons (Fsp3) is 0.562. The lowest BCUT2D eigenvalue weighted by Crippen LogP contribution is -2.44. The molecule has 0 saturated carbocycles. The molecule has 1 amide bonds. The second kappa shape index (κ2) is 8.86.